The van der Waals surface area contributed by atoms with Crippen molar-refractivity contribution in [3.63, 3.8) is 0 Å². The van der Waals surface area contributed by atoms with Crippen molar-refractivity contribution < 1.29 is 32.6 Å². The minimum atomic E-state index is -4.77. The van der Waals surface area contributed by atoms with Crippen molar-refractivity contribution in [2.45, 2.75) is 12.5 Å². The summed E-state index contributed by atoms with van der Waals surface area (Å²) in [6.07, 6.45) is -5.62. The molecule has 1 atom stereocenters. The highest BCUT2D eigenvalue weighted by Gasteiger charge is 2.31. The van der Waals surface area contributed by atoms with Crippen LogP contribution < -0.4 is 15.0 Å². The van der Waals surface area contributed by atoms with Crippen molar-refractivity contribution in [2.75, 3.05) is 51.2 Å². The molecule has 2 N–H and O–H groups in total. The van der Waals surface area contributed by atoms with Crippen LogP contribution in [-0.2, 0) is 4.79 Å². The largest absolute Gasteiger partial charge is 0.573 e. The average molecular weight is 481 g/mol. The molecule has 184 valence electrons. The zero-order valence-electron chi connectivity index (χ0n) is 18.5. The van der Waals surface area contributed by atoms with E-state index < -0.39 is 12.5 Å². The van der Waals surface area contributed by atoms with E-state index in [0.29, 0.717) is 49.5 Å². The molecular weight excluding hydrogens is 455 g/mol. The number of benzene rings is 1. The number of nitrogens with one attached hydrogen (secondary N) is 1. The van der Waals surface area contributed by atoms with Gasteiger partial charge in [0.15, 0.2) is 0 Å². The van der Waals surface area contributed by atoms with Gasteiger partial charge in [-0.1, -0.05) is 18.2 Å². The number of rotatable bonds is 9. The number of alkyl halides is 3. The monoisotopic (exact) mass is 481 g/mol. The van der Waals surface area contributed by atoms with Gasteiger partial charge in [0.2, 0.25) is 0 Å². The summed E-state index contributed by atoms with van der Waals surface area (Å²) in [5.74, 6) is 0.377. The average Bonchev–Trinajstić information content (AvgIpc) is 2.81. The van der Waals surface area contributed by atoms with Crippen LogP contribution in [0.1, 0.15) is 0 Å². The normalized spacial score (nSPS) is 15.6. The predicted molar refractivity (Wildman–Crippen MR) is 119 cm³/mol. The molecule has 0 spiro atoms. The SMILES string of the molecule is CNC(CN(CC=O)C(=O)O)N1CCN(c2cccc(-c3cccc(OC(F)(F)F)c3)n2)CC1. The number of carbonyl (C=O) groups is 2. The number of pyridine rings is 1. The first-order valence-electron chi connectivity index (χ1n) is 10.6. The first-order chi connectivity index (χ1) is 16.2. The molecule has 9 nitrogen and oxygen atoms in total. The maximum atomic E-state index is 12.5. The van der Waals surface area contributed by atoms with Crippen LogP contribution in [0.25, 0.3) is 11.3 Å². The standard InChI is InChI=1S/C22H26F3N5O4/c1-26-20(15-30(12-13-31)21(32)33)29-10-8-28(9-11-29)19-7-3-6-18(27-19)16-4-2-5-17(14-16)34-22(23,24)25/h2-7,13-14,20,26H,8-12,15H2,1H3,(H,32,33). The summed E-state index contributed by atoms with van der Waals surface area (Å²) < 4.78 is 41.6. The van der Waals surface area contributed by atoms with Crippen molar-refractivity contribution in [3.8, 4) is 17.0 Å². The fourth-order valence-corrected chi connectivity index (χ4v) is 3.79. The summed E-state index contributed by atoms with van der Waals surface area (Å²) in [6, 6.07) is 11.0. The van der Waals surface area contributed by atoms with E-state index in [1.807, 2.05) is 6.07 Å². The van der Waals surface area contributed by atoms with E-state index in [0.717, 1.165) is 4.90 Å². The number of piperazine rings is 1. The molecule has 1 aromatic carbocycles. The molecule has 1 amide bonds. The maximum Gasteiger partial charge on any atom is 0.573 e. The number of halogens is 3. The Morgan fingerprint density at radius 1 is 1.24 bits per heavy atom. The lowest BCUT2D eigenvalue weighted by Gasteiger charge is -2.40. The number of hydrogen-bond donors (Lipinski definition) is 2. The Labute approximate surface area is 194 Å². The molecule has 1 aliphatic rings. The number of likely N-dealkylation sites (N-methyl/N-ethyl adjacent to an activating group) is 1. The van der Waals surface area contributed by atoms with Gasteiger partial charge in [-0.15, -0.1) is 13.2 Å². The molecule has 1 saturated heterocycles. The van der Waals surface area contributed by atoms with Gasteiger partial charge in [-0.05, 0) is 31.3 Å². The van der Waals surface area contributed by atoms with Crippen molar-refractivity contribution in [2.24, 2.45) is 0 Å². The molecule has 12 heteroatoms. The molecule has 1 aromatic heterocycles. The Kier molecular flexibility index (Phi) is 8.29. The number of hydrogen-bond acceptors (Lipinski definition) is 7. The molecule has 1 fully saturated rings. The molecule has 0 bridgehead atoms. The first kappa shape index (κ1) is 25.2. The molecule has 3 rings (SSSR count). The predicted octanol–water partition coefficient (Wildman–Crippen LogP) is 2.49. The van der Waals surface area contributed by atoms with E-state index in [4.69, 9.17) is 0 Å². The second-order valence-corrected chi connectivity index (χ2v) is 7.64. The number of nitrogens with zero attached hydrogens (tertiary/aromatic N) is 4. The quantitative estimate of drug-likeness (QED) is 0.528. The molecule has 1 aliphatic heterocycles. The van der Waals surface area contributed by atoms with Gasteiger partial charge < -0.3 is 24.9 Å². The van der Waals surface area contributed by atoms with Crippen LogP contribution in [0.3, 0.4) is 0 Å². The fourth-order valence-electron chi connectivity index (χ4n) is 3.79. The van der Waals surface area contributed by atoms with Crippen LogP contribution >= 0.6 is 0 Å². The van der Waals surface area contributed by atoms with Crippen LogP contribution in [0, 0.1) is 0 Å². The van der Waals surface area contributed by atoms with Crippen LogP contribution in [0.15, 0.2) is 42.5 Å². The smallest absolute Gasteiger partial charge is 0.465 e. The summed E-state index contributed by atoms with van der Waals surface area (Å²) in [5.41, 5.74) is 1.02. The molecule has 0 radical (unpaired) electrons. The number of amides is 1. The Hall–Kier alpha value is -3.38. The second-order valence-electron chi connectivity index (χ2n) is 7.64. The van der Waals surface area contributed by atoms with Crippen LogP contribution in [-0.4, -0.2) is 91.1 Å². The fraction of sp³-hybridized carbons (Fsp3) is 0.409. The minimum absolute atomic E-state index is 0.147. The van der Waals surface area contributed by atoms with E-state index in [9.17, 15) is 27.9 Å². The third kappa shape index (κ3) is 6.81. The highest BCUT2D eigenvalue weighted by molar-refractivity contribution is 5.69. The van der Waals surface area contributed by atoms with E-state index in [-0.39, 0.29) is 25.0 Å². The number of ether oxygens (including phenoxy) is 1. The van der Waals surface area contributed by atoms with Gasteiger partial charge in [-0.2, -0.15) is 0 Å². The number of carbonyl (C=O) groups excluding carboxylic acids is 1. The summed E-state index contributed by atoms with van der Waals surface area (Å²) in [4.78, 5) is 31.9. The van der Waals surface area contributed by atoms with E-state index >= 15 is 0 Å². The lowest BCUT2D eigenvalue weighted by atomic mass is 10.1. The van der Waals surface area contributed by atoms with E-state index in [2.05, 4.69) is 24.8 Å². The van der Waals surface area contributed by atoms with Crippen molar-refractivity contribution in [1.82, 2.24) is 20.1 Å². The Bertz CT molecular complexity index is 983. The Morgan fingerprint density at radius 2 is 1.94 bits per heavy atom. The molecule has 2 heterocycles. The number of aldehydes is 1. The second kappa shape index (κ2) is 11.2. The summed E-state index contributed by atoms with van der Waals surface area (Å²) in [6.45, 7) is 2.44. The summed E-state index contributed by atoms with van der Waals surface area (Å²) >= 11 is 0. The van der Waals surface area contributed by atoms with Crippen molar-refractivity contribution in [3.05, 3.63) is 42.5 Å². The van der Waals surface area contributed by atoms with Crippen LogP contribution in [0.4, 0.5) is 23.8 Å². The highest BCUT2D eigenvalue weighted by atomic mass is 19.4. The van der Waals surface area contributed by atoms with Crippen molar-refractivity contribution in [1.29, 1.82) is 0 Å². The van der Waals surface area contributed by atoms with E-state index in [1.54, 1.807) is 25.2 Å². The van der Waals surface area contributed by atoms with Gasteiger partial charge in [0.1, 0.15) is 17.9 Å². The molecule has 0 aliphatic carbocycles. The van der Waals surface area contributed by atoms with Gasteiger partial charge in [0.25, 0.3) is 0 Å². The summed E-state index contributed by atoms with van der Waals surface area (Å²) in [5, 5.41) is 12.4. The van der Waals surface area contributed by atoms with Gasteiger partial charge in [-0.25, -0.2) is 9.78 Å². The number of aromatic nitrogens is 1. The van der Waals surface area contributed by atoms with Gasteiger partial charge in [0, 0.05) is 31.7 Å². The Morgan fingerprint density at radius 3 is 2.56 bits per heavy atom. The minimum Gasteiger partial charge on any atom is -0.465 e. The molecule has 1 unspecified atom stereocenters. The topological polar surface area (TPSA) is 98.2 Å². The molecular formula is C22H26F3N5O4. The third-order valence-corrected chi connectivity index (χ3v) is 5.47. The molecule has 34 heavy (non-hydrogen) atoms. The lowest BCUT2D eigenvalue weighted by Crippen LogP contribution is -2.58. The Balaban J connectivity index is 1.66. The van der Waals surface area contributed by atoms with Gasteiger partial charge in [0.05, 0.1) is 24.9 Å². The number of carboxylic acid groups (broad SMARTS) is 1. The van der Waals surface area contributed by atoms with Gasteiger partial charge in [-0.3, -0.25) is 9.80 Å². The highest BCUT2D eigenvalue weighted by Crippen LogP contribution is 2.28. The first-order valence-corrected chi connectivity index (χ1v) is 10.6. The van der Waals surface area contributed by atoms with Crippen LogP contribution in [0.5, 0.6) is 5.75 Å². The van der Waals surface area contributed by atoms with Gasteiger partial charge >= 0.3 is 12.5 Å². The zero-order chi connectivity index (χ0) is 24.7. The third-order valence-electron chi connectivity index (χ3n) is 5.47. The molecule has 2 aromatic rings. The van der Waals surface area contributed by atoms with E-state index in [1.165, 1.54) is 18.2 Å². The molecule has 0 saturated carbocycles. The van der Waals surface area contributed by atoms with Crippen LogP contribution in [0.2, 0.25) is 0 Å². The van der Waals surface area contributed by atoms with Crippen molar-refractivity contribution >= 4 is 18.2 Å². The zero-order valence-corrected chi connectivity index (χ0v) is 18.5. The lowest BCUT2D eigenvalue weighted by molar-refractivity contribution is -0.274. The maximum absolute atomic E-state index is 12.5. The number of anilines is 1. The summed E-state index contributed by atoms with van der Waals surface area (Å²) in [7, 11) is 1.74.